The van der Waals surface area contributed by atoms with Gasteiger partial charge in [-0.25, -0.2) is 0 Å². The molecule has 0 aliphatic heterocycles. The standard InChI is InChI=1S/C15H24N4OS2/c1-4-9-16-14-18-19-15(22-14)21-11(3)13(20)17-12-8-6-5-7-10(12)2/h4,10-12H,1,5-9H2,2-3H3,(H,16,18)(H,17,20)/t10-,11+,12+/m0/s1. The number of carbonyl (C=O) groups excluding carboxylic acids is 1. The Bertz CT molecular complexity index is 505. The van der Waals surface area contributed by atoms with Crippen LogP contribution in [0.1, 0.15) is 39.5 Å². The van der Waals surface area contributed by atoms with E-state index in [9.17, 15) is 4.79 Å². The van der Waals surface area contributed by atoms with Gasteiger partial charge < -0.3 is 10.6 Å². The first-order valence-electron chi connectivity index (χ1n) is 7.75. The number of hydrogen-bond donors (Lipinski definition) is 2. The number of anilines is 1. The minimum absolute atomic E-state index is 0.0968. The van der Waals surface area contributed by atoms with E-state index in [-0.39, 0.29) is 11.2 Å². The van der Waals surface area contributed by atoms with Crippen molar-refractivity contribution in [2.24, 2.45) is 5.92 Å². The minimum Gasteiger partial charge on any atom is -0.357 e. The molecular weight excluding hydrogens is 316 g/mol. The van der Waals surface area contributed by atoms with Crippen molar-refractivity contribution in [3.63, 3.8) is 0 Å². The van der Waals surface area contributed by atoms with Crippen LogP contribution in [0.4, 0.5) is 5.13 Å². The molecule has 3 atom stereocenters. The highest BCUT2D eigenvalue weighted by atomic mass is 32.2. The molecule has 1 heterocycles. The third kappa shape index (κ3) is 4.98. The summed E-state index contributed by atoms with van der Waals surface area (Å²) in [6.07, 6.45) is 6.57. The molecule has 1 aliphatic rings. The summed E-state index contributed by atoms with van der Waals surface area (Å²) in [4.78, 5) is 12.3. The van der Waals surface area contributed by atoms with Crippen LogP contribution in [0, 0.1) is 5.92 Å². The molecule has 1 aromatic rings. The largest absolute Gasteiger partial charge is 0.357 e. The number of aromatic nitrogens is 2. The Kier molecular flexibility index (Phi) is 6.70. The van der Waals surface area contributed by atoms with E-state index in [1.165, 1.54) is 42.4 Å². The molecule has 1 fully saturated rings. The van der Waals surface area contributed by atoms with Crippen molar-refractivity contribution >= 4 is 34.1 Å². The zero-order valence-electron chi connectivity index (χ0n) is 13.2. The Hall–Kier alpha value is -1.08. The van der Waals surface area contributed by atoms with E-state index in [1.54, 1.807) is 6.08 Å². The van der Waals surface area contributed by atoms with Crippen molar-refractivity contribution in [3.05, 3.63) is 12.7 Å². The SMILES string of the molecule is C=CCNc1nnc(S[C@H](C)C(=O)N[C@@H]2CCCC[C@@H]2C)s1. The second-order valence-corrected chi connectivity index (χ2v) is 8.25. The van der Waals surface area contributed by atoms with E-state index in [1.807, 2.05) is 6.92 Å². The number of nitrogens with one attached hydrogen (secondary N) is 2. The zero-order valence-corrected chi connectivity index (χ0v) is 14.8. The van der Waals surface area contributed by atoms with Gasteiger partial charge in [0.15, 0.2) is 4.34 Å². The van der Waals surface area contributed by atoms with Gasteiger partial charge in [0.25, 0.3) is 0 Å². The molecule has 0 radical (unpaired) electrons. The quantitative estimate of drug-likeness (QED) is 0.589. The van der Waals surface area contributed by atoms with Gasteiger partial charge in [-0.3, -0.25) is 4.79 Å². The van der Waals surface area contributed by atoms with Gasteiger partial charge in [-0.15, -0.1) is 16.8 Å². The Balaban J connectivity index is 1.82. The van der Waals surface area contributed by atoms with Gasteiger partial charge in [0, 0.05) is 12.6 Å². The van der Waals surface area contributed by atoms with Crippen LogP contribution in [-0.2, 0) is 4.79 Å². The second kappa shape index (κ2) is 8.53. The lowest BCUT2D eigenvalue weighted by Crippen LogP contribution is -2.44. The molecule has 2 N–H and O–H groups in total. The van der Waals surface area contributed by atoms with Crippen LogP contribution in [-0.4, -0.2) is 33.9 Å². The summed E-state index contributed by atoms with van der Waals surface area (Å²) in [5, 5.41) is 15.1. The summed E-state index contributed by atoms with van der Waals surface area (Å²) in [5.74, 6) is 0.672. The van der Waals surface area contributed by atoms with Crippen LogP contribution in [0.15, 0.2) is 17.0 Å². The van der Waals surface area contributed by atoms with Crippen molar-refractivity contribution < 1.29 is 4.79 Å². The molecule has 0 aromatic carbocycles. The van der Waals surface area contributed by atoms with Gasteiger partial charge in [0.1, 0.15) is 0 Å². The molecule has 0 bridgehead atoms. The normalized spacial score (nSPS) is 22.8. The highest BCUT2D eigenvalue weighted by Gasteiger charge is 2.25. The van der Waals surface area contributed by atoms with E-state index in [2.05, 4.69) is 34.3 Å². The second-order valence-electron chi connectivity index (χ2n) is 5.68. The number of amides is 1. The van der Waals surface area contributed by atoms with Gasteiger partial charge in [-0.05, 0) is 25.7 Å². The van der Waals surface area contributed by atoms with Gasteiger partial charge in [-0.1, -0.05) is 48.9 Å². The van der Waals surface area contributed by atoms with E-state index in [0.29, 0.717) is 18.5 Å². The molecule has 0 saturated heterocycles. The molecule has 0 unspecified atom stereocenters. The molecule has 7 heteroatoms. The maximum absolute atomic E-state index is 12.3. The lowest BCUT2D eigenvalue weighted by molar-refractivity contribution is -0.121. The predicted molar refractivity (Wildman–Crippen MR) is 93.5 cm³/mol. The summed E-state index contributed by atoms with van der Waals surface area (Å²) in [6.45, 7) is 8.46. The predicted octanol–water partition coefficient (Wildman–Crippen LogP) is 3.31. The van der Waals surface area contributed by atoms with Gasteiger partial charge >= 0.3 is 0 Å². The summed E-state index contributed by atoms with van der Waals surface area (Å²) >= 11 is 2.93. The Morgan fingerprint density at radius 1 is 1.50 bits per heavy atom. The molecule has 1 saturated carbocycles. The molecule has 1 aromatic heterocycles. The van der Waals surface area contributed by atoms with Crippen molar-refractivity contribution in [3.8, 4) is 0 Å². The van der Waals surface area contributed by atoms with Crippen LogP contribution in [0.5, 0.6) is 0 Å². The van der Waals surface area contributed by atoms with E-state index >= 15 is 0 Å². The monoisotopic (exact) mass is 340 g/mol. The fraction of sp³-hybridized carbons (Fsp3) is 0.667. The van der Waals surface area contributed by atoms with Gasteiger partial charge in [-0.2, -0.15) is 0 Å². The van der Waals surface area contributed by atoms with E-state index < -0.39 is 0 Å². The van der Waals surface area contributed by atoms with Crippen LogP contribution < -0.4 is 10.6 Å². The summed E-state index contributed by atoms with van der Waals surface area (Å²) in [7, 11) is 0. The fourth-order valence-electron chi connectivity index (χ4n) is 2.52. The summed E-state index contributed by atoms with van der Waals surface area (Å²) in [6, 6.07) is 0.323. The van der Waals surface area contributed by atoms with Crippen molar-refractivity contribution in [1.82, 2.24) is 15.5 Å². The number of hydrogen-bond acceptors (Lipinski definition) is 6. The average molecular weight is 341 g/mol. The number of nitrogens with zero attached hydrogens (tertiary/aromatic N) is 2. The van der Waals surface area contributed by atoms with Crippen LogP contribution in [0.25, 0.3) is 0 Å². The number of thioether (sulfide) groups is 1. The lowest BCUT2D eigenvalue weighted by Gasteiger charge is -2.30. The topological polar surface area (TPSA) is 66.9 Å². The van der Waals surface area contributed by atoms with Crippen molar-refractivity contribution in [1.29, 1.82) is 0 Å². The first kappa shape index (κ1) is 17.3. The fourth-order valence-corrected chi connectivity index (χ4v) is 4.44. The lowest BCUT2D eigenvalue weighted by atomic mass is 9.86. The van der Waals surface area contributed by atoms with E-state index in [4.69, 9.17) is 0 Å². The van der Waals surface area contributed by atoms with Crippen molar-refractivity contribution in [2.75, 3.05) is 11.9 Å². The van der Waals surface area contributed by atoms with Crippen LogP contribution >= 0.6 is 23.1 Å². The van der Waals surface area contributed by atoms with Gasteiger partial charge in [0.2, 0.25) is 11.0 Å². The summed E-state index contributed by atoms with van der Waals surface area (Å²) < 4.78 is 0.811. The maximum atomic E-state index is 12.3. The Morgan fingerprint density at radius 3 is 3.00 bits per heavy atom. The molecule has 1 amide bonds. The smallest absolute Gasteiger partial charge is 0.233 e. The minimum atomic E-state index is -0.158. The number of carbonyl (C=O) groups is 1. The highest BCUT2D eigenvalue weighted by molar-refractivity contribution is 8.02. The molecule has 2 rings (SSSR count). The third-order valence-corrected chi connectivity index (χ3v) is 5.96. The maximum Gasteiger partial charge on any atom is 0.233 e. The van der Waals surface area contributed by atoms with Gasteiger partial charge in [0.05, 0.1) is 5.25 Å². The van der Waals surface area contributed by atoms with Crippen LogP contribution in [0.2, 0.25) is 0 Å². The molecular formula is C15H24N4OS2. The first-order valence-corrected chi connectivity index (χ1v) is 9.45. The third-order valence-electron chi connectivity index (χ3n) is 3.89. The molecule has 122 valence electrons. The number of rotatable bonds is 7. The zero-order chi connectivity index (χ0) is 15.9. The average Bonchev–Trinajstić information content (AvgIpc) is 2.94. The molecule has 0 spiro atoms. The van der Waals surface area contributed by atoms with Crippen LogP contribution in [0.3, 0.4) is 0 Å². The summed E-state index contributed by atoms with van der Waals surface area (Å²) in [5.41, 5.74) is 0. The highest BCUT2D eigenvalue weighted by Crippen LogP contribution is 2.29. The Morgan fingerprint density at radius 2 is 2.27 bits per heavy atom. The van der Waals surface area contributed by atoms with E-state index in [0.717, 1.165) is 15.9 Å². The van der Waals surface area contributed by atoms with Crippen molar-refractivity contribution in [2.45, 2.75) is 55.2 Å². The molecule has 1 aliphatic carbocycles. The first-order chi connectivity index (χ1) is 10.6. The Labute approximate surface area is 140 Å². The molecule has 5 nitrogen and oxygen atoms in total. The molecule has 22 heavy (non-hydrogen) atoms.